The van der Waals surface area contributed by atoms with Crippen LogP contribution in [-0.2, 0) is 14.4 Å². The normalized spacial score (nSPS) is 12.1. The van der Waals surface area contributed by atoms with Crippen LogP contribution < -0.4 is 5.43 Å². The quantitative estimate of drug-likeness (QED) is 0.408. The van der Waals surface area contributed by atoms with Crippen molar-refractivity contribution in [1.29, 1.82) is 0 Å². The van der Waals surface area contributed by atoms with Gasteiger partial charge in [0.05, 0.1) is 6.26 Å². The summed E-state index contributed by atoms with van der Waals surface area (Å²) in [6, 6.07) is 0. The third-order valence-electron chi connectivity index (χ3n) is 1.21. The molecule has 0 aromatic carbocycles. The molecule has 0 saturated heterocycles. The predicted octanol–water partition coefficient (Wildman–Crippen LogP) is -0.0958. The number of amidine groups is 1. The van der Waals surface area contributed by atoms with E-state index in [-0.39, 0.29) is 5.82 Å². The third-order valence-corrected chi connectivity index (χ3v) is 1.70. The number of aliphatic imine (C=N–C) groups is 1. The van der Waals surface area contributed by atoms with E-state index in [0.717, 1.165) is 11.3 Å². The molecule has 0 heterocycles. The van der Waals surface area contributed by atoms with Crippen LogP contribution in [0.1, 0.15) is 6.92 Å². The molecule has 0 aliphatic carbocycles. The summed E-state index contributed by atoms with van der Waals surface area (Å²) in [5.74, 6) is 0.535. The molecule has 7 nitrogen and oxygen atoms in total. The van der Waals surface area contributed by atoms with E-state index in [1.54, 1.807) is 6.92 Å². The van der Waals surface area contributed by atoms with Gasteiger partial charge < -0.3 is 0 Å². The monoisotopic (exact) mass is 234 g/mol. The summed E-state index contributed by atoms with van der Waals surface area (Å²) in [6.07, 6.45) is 0.940. The van der Waals surface area contributed by atoms with E-state index in [0.29, 0.717) is 5.84 Å². The topological polar surface area (TPSA) is 83.4 Å². The fraction of sp³-hybridized carbons (Fsp3) is 0.429. The Morgan fingerprint density at radius 3 is 2.47 bits per heavy atom. The first-order chi connectivity index (χ1) is 6.76. The van der Waals surface area contributed by atoms with E-state index in [9.17, 15) is 8.42 Å². The van der Waals surface area contributed by atoms with Gasteiger partial charge in [-0.05, 0) is 6.92 Å². The van der Waals surface area contributed by atoms with Crippen molar-refractivity contribution in [3.8, 4) is 0 Å². The van der Waals surface area contributed by atoms with Gasteiger partial charge in [-0.1, -0.05) is 6.58 Å². The zero-order valence-corrected chi connectivity index (χ0v) is 9.71. The molecule has 15 heavy (non-hydrogen) atoms. The van der Waals surface area contributed by atoms with Crippen molar-refractivity contribution in [2.45, 2.75) is 6.92 Å². The molecule has 0 aliphatic heterocycles. The van der Waals surface area contributed by atoms with Gasteiger partial charge in [0.1, 0.15) is 11.7 Å². The van der Waals surface area contributed by atoms with Crippen molar-refractivity contribution in [1.82, 2.24) is 10.5 Å². The molecule has 0 aromatic rings. The predicted molar refractivity (Wildman–Crippen MR) is 58.6 cm³/mol. The van der Waals surface area contributed by atoms with Crippen LogP contribution in [0.4, 0.5) is 0 Å². The lowest BCUT2D eigenvalue weighted by Gasteiger charge is -2.15. The molecule has 86 valence electrons. The first kappa shape index (κ1) is 13.6. The number of hydrogen-bond donors (Lipinski definition) is 1. The van der Waals surface area contributed by atoms with Crippen molar-refractivity contribution in [2.75, 3.05) is 13.3 Å². The van der Waals surface area contributed by atoms with E-state index in [2.05, 4.69) is 33.1 Å². The van der Waals surface area contributed by atoms with Crippen LogP contribution in [0.5, 0.6) is 0 Å². The van der Waals surface area contributed by atoms with Gasteiger partial charge in [0.2, 0.25) is 0 Å². The van der Waals surface area contributed by atoms with Crippen LogP contribution >= 0.6 is 0 Å². The zero-order valence-electron chi connectivity index (χ0n) is 8.89. The van der Waals surface area contributed by atoms with Gasteiger partial charge in [0.15, 0.2) is 0 Å². The lowest BCUT2D eigenvalue weighted by Crippen LogP contribution is -2.28. The Bertz CT molecular complexity index is 374. The smallest absolute Gasteiger partial charge is 0.262 e. The number of hydrogen-bond acceptors (Lipinski definition) is 6. The van der Waals surface area contributed by atoms with Crippen molar-refractivity contribution in [3.63, 3.8) is 0 Å². The average molecular weight is 234 g/mol. The van der Waals surface area contributed by atoms with Gasteiger partial charge in [-0.3, -0.25) is 5.43 Å². The molecule has 8 heteroatoms. The highest BCUT2D eigenvalue weighted by Gasteiger charge is 2.09. The Kier molecular flexibility index (Phi) is 4.95. The van der Waals surface area contributed by atoms with E-state index in [4.69, 9.17) is 0 Å². The molecule has 0 spiro atoms. The van der Waals surface area contributed by atoms with E-state index in [1.807, 2.05) is 0 Å². The number of rotatable bonds is 5. The molecule has 0 amide bonds. The second kappa shape index (κ2) is 5.47. The van der Waals surface area contributed by atoms with Gasteiger partial charge in [-0.2, -0.15) is 13.5 Å². The highest BCUT2D eigenvalue weighted by atomic mass is 32.2. The lowest BCUT2D eigenvalue weighted by molar-refractivity contribution is 0.0573. The maximum atomic E-state index is 10.8. The second-order valence-electron chi connectivity index (χ2n) is 2.65. The average Bonchev–Trinajstić information content (AvgIpc) is 2.00. The van der Waals surface area contributed by atoms with Crippen molar-refractivity contribution >= 4 is 22.7 Å². The minimum Gasteiger partial charge on any atom is -0.262 e. The zero-order chi connectivity index (χ0) is 12.1. The highest BCUT2D eigenvalue weighted by molar-refractivity contribution is 7.85. The van der Waals surface area contributed by atoms with Crippen LogP contribution in [0.15, 0.2) is 22.5 Å². The lowest BCUT2D eigenvalue weighted by atomic mass is 10.6. The third kappa shape index (κ3) is 6.63. The minimum absolute atomic E-state index is 0.228. The van der Waals surface area contributed by atoms with Crippen LogP contribution in [0.3, 0.4) is 0 Å². The number of nitrogens with zero attached hydrogens (tertiary/aromatic N) is 3. The number of nitrogens with one attached hydrogen (secondary N) is 1. The second-order valence-corrected chi connectivity index (χ2v) is 4.21. The molecule has 0 atom stereocenters. The Labute approximate surface area is 89.2 Å². The van der Waals surface area contributed by atoms with Crippen LogP contribution in [0.2, 0.25) is 0 Å². The van der Waals surface area contributed by atoms with Crippen molar-refractivity contribution in [2.24, 2.45) is 10.1 Å². The van der Waals surface area contributed by atoms with Gasteiger partial charge >= 0.3 is 0 Å². The van der Waals surface area contributed by atoms with Crippen molar-refractivity contribution in [3.05, 3.63) is 12.4 Å². The van der Waals surface area contributed by atoms with Crippen LogP contribution in [-0.4, -0.2) is 39.3 Å². The maximum Gasteiger partial charge on any atom is 0.285 e. The Morgan fingerprint density at radius 2 is 2.07 bits per heavy atom. The first-order valence-electron chi connectivity index (χ1n) is 3.85. The summed E-state index contributed by atoms with van der Waals surface area (Å²) in [4.78, 5) is 3.86. The minimum atomic E-state index is -3.56. The molecule has 0 radical (unpaired) electrons. The van der Waals surface area contributed by atoms with E-state index < -0.39 is 10.1 Å². The standard InChI is InChI=1S/C7H14N4O3S/c1-6(10-8-3)9-7(2)11(4)14-15(5,12)13/h10H,1,3H2,2,4-5H3. The Morgan fingerprint density at radius 1 is 1.53 bits per heavy atom. The number of hydroxylamine groups is 2. The Balaban J connectivity index is 4.50. The highest BCUT2D eigenvalue weighted by Crippen LogP contribution is 1.97. The van der Waals surface area contributed by atoms with Crippen molar-refractivity contribution < 1.29 is 12.7 Å². The summed E-state index contributed by atoms with van der Waals surface area (Å²) in [5.41, 5.74) is 2.39. The molecule has 0 bridgehead atoms. The molecule has 1 N–H and O–H groups in total. The largest absolute Gasteiger partial charge is 0.285 e. The molecule has 0 fully saturated rings. The van der Waals surface area contributed by atoms with Crippen LogP contribution in [0, 0.1) is 0 Å². The molecule has 0 saturated carbocycles. The fourth-order valence-electron chi connectivity index (χ4n) is 0.639. The van der Waals surface area contributed by atoms with Crippen LogP contribution in [0.25, 0.3) is 0 Å². The van der Waals surface area contributed by atoms with Gasteiger partial charge in [0.25, 0.3) is 10.1 Å². The molecule has 0 aliphatic rings. The Hall–Kier alpha value is -1.41. The summed E-state index contributed by atoms with van der Waals surface area (Å²) in [7, 11) is -2.15. The van der Waals surface area contributed by atoms with Gasteiger partial charge in [-0.15, -0.1) is 4.28 Å². The molecular formula is C7H14N4O3S. The summed E-state index contributed by atoms with van der Waals surface area (Å²) in [5, 5.41) is 4.34. The molecule has 0 rings (SSSR count). The first-order valence-corrected chi connectivity index (χ1v) is 5.67. The summed E-state index contributed by atoms with van der Waals surface area (Å²) < 4.78 is 26.1. The maximum absolute atomic E-state index is 10.8. The molecule has 0 aromatic heterocycles. The molecular weight excluding hydrogens is 220 g/mol. The number of hydrazone groups is 1. The molecule has 0 unspecified atom stereocenters. The summed E-state index contributed by atoms with van der Waals surface area (Å²) >= 11 is 0. The SMILES string of the molecule is C=NNC(=C)N=C(C)N(C)OS(C)(=O)=O. The van der Waals surface area contributed by atoms with E-state index >= 15 is 0 Å². The summed E-state index contributed by atoms with van der Waals surface area (Å²) in [6.45, 7) is 8.24. The van der Waals surface area contributed by atoms with Gasteiger partial charge in [0, 0.05) is 13.8 Å². The van der Waals surface area contributed by atoms with E-state index in [1.165, 1.54) is 7.05 Å². The van der Waals surface area contributed by atoms with Gasteiger partial charge in [-0.25, -0.2) is 10.1 Å². The fourth-order valence-corrected chi connectivity index (χ4v) is 1.15.